The fraction of sp³-hybridized carbons (Fsp3) is 0.235. The molecular formula is C17H19FN2O. The highest BCUT2D eigenvalue weighted by molar-refractivity contribution is 5.94. The summed E-state index contributed by atoms with van der Waals surface area (Å²) in [6.07, 6.45) is 0. The van der Waals surface area contributed by atoms with Crippen molar-refractivity contribution >= 4 is 17.3 Å². The van der Waals surface area contributed by atoms with Gasteiger partial charge in [0, 0.05) is 17.9 Å². The smallest absolute Gasteiger partial charge is 0.243 e. The van der Waals surface area contributed by atoms with Crippen LogP contribution in [0.15, 0.2) is 48.5 Å². The maximum atomic E-state index is 13.5. The first-order valence-electron chi connectivity index (χ1n) is 6.96. The highest BCUT2D eigenvalue weighted by atomic mass is 19.1. The molecule has 0 unspecified atom stereocenters. The minimum Gasteiger partial charge on any atom is -0.362 e. The Hall–Kier alpha value is -2.36. The van der Waals surface area contributed by atoms with E-state index in [1.165, 1.54) is 6.07 Å². The number of nitrogens with zero attached hydrogens (tertiary/aromatic N) is 1. The van der Waals surface area contributed by atoms with Crippen molar-refractivity contribution in [2.24, 2.45) is 0 Å². The van der Waals surface area contributed by atoms with Gasteiger partial charge in [-0.2, -0.15) is 0 Å². The Morgan fingerprint density at radius 3 is 2.52 bits per heavy atom. The Labute approximate surface area is 124 Å². The average Bonchev–Trinajstić information content (AvgIpc) is 2.49. The second-order valence-electron chi connectivity index (χ2n) is 4.86. The van der Waals surface area contributed by atoms with Crippen LogP contribution < -0.4 is 10.2 Å². The van der Waals surface area contributed by atoms with Crippen LogP contribution in [0.25, 0.3) is 0 Å². The van der Waals surface area contributed by atoms with E-state index in [9.17, 15) is 9.18 Å². The topological polar surface area (TPSA) is 32.3 Å². The quantitative estimate of drug-likeness (QED) is 0.911. The molecule has 2 aromatic carbocycles. The van der Waals surface area contributed by atoms with E-state index in [1.807, 2.05) is 42.2 Å². The molecule has 0 saturated heterocycles. The van der Waals surface area contributed by atoms with Crippen molar-refractivity contribution in [3.05, 3.63) is 59.9 Å². The summed E-state index contributed by atoms with van der Waals surface area (Å²) >= 11 is 0. The van der Waals surface area contributed by atoms with Gasteiger partial charge >= 0.3 is 0 Å². The Morgan fingerprint density at radius 1 is 1.19 bits per heavy atom. The minimum atomic E-state index is -0.316. The molecule has 3 nitrogen and oxygen atoms in total. The lowest BCUT2D eigenvalue weighted by Crippen LogP contribution is -2.33. The van der Waals surface area contributed by atoms with E-state index >= 15 is 0 Å². The van der Waals surface area contributed by atoms with Crippen molar-refractivity contribution in [3.8, 4) is 0 Å². The summed E-state index contributed by atoms with van der Waals surface area (Å²) in [5.74, 6) is -0.479. The van der Waals surface area contributed by atoms with Gasteiger partial charge in [-0.05, 0) is 43.7 Å². The van der Waals surface area contributed by atoms with Crippen molar-refractivity contribution in [2.75, 3.05) is 23.3 Å². The Balaban J connectivity index is 2.01. The van der Waals surface area contributed by atoms with Gasteiger partial charge < -0.3 is 10.2 Å². The Bertz CT molecular complexity index is 613. The number of carbonyl (C=O) groups is 1. The maximum Gasteiger partial charge on any atom is 0.243 e. The fourth-order valence-corrected chi connectivity index (χ4v) is 2.07. The first kappa shape index (κ1) is 15.0. The molecule has 0 radical (unpaired) electrons. The van der Waals surface area contributed by atoms with Gasteiger partial charge in [0.15, 0.2) is 0 Å². The SMILES string of the molecule is CCN(CC(=O)Nc1ccc(C)c(F)c1)c1ccccc1. The highest BCUT2D eigenvalue weighted by Crippen LogP contribution is 2.15. The van der Waals surface area contributed by atoms with E-state index in [2.05, 4.69) is 5.32 Å². The van der Waals surface area contributed by atoms with Crippen LogP contribution >= 0.6 is 0 Å². The summed E-state index contributed by atoms with van der Waals surface area (Å²) in [5.41, 5.74) is 2.03. The predicted octanol–water partition coefficient (Wildman–Crippen LogP) is 3.60. The van der Waals surface area contributed by atoms with Crippen molar-refractivity contribution < 1.29 is 9.18 Å². The number of carbonyl (C=O) groups excluding carboxylic acids is 1. The van der Waals surface area contributed by atoms with Crippen LogP contribution in [0.2, 0.25) is 0 Å². The highest BCUT2D eigenvalue weighted by Gasteiger charge is 2.10. The van der Waals surface area contributed by atoms with E-state index in [4.69, 9.17) is 0 Å². The summed E-state index contributed by atoms with van der Waals surface area (Å²) in [7, 11) is 0. The molecule has 0 fully saturated rings. The van der Waals surface area contributed by atoms with Crippen LogP contribution in [0.4, 0.5) is 15.8 Å². The van der Waals surface area contributed by atoms with Gasteiger partial charge in [0.2, 0.25) is 5.91 Å². The number of halogens is 1. The number of amides is 1. The first-order chi connectivity index (χ1) is 10.1. The van der Waals surface area contributed by atoms with E-state index < -0.39 is 0 Å². The average molecular weight is 286 g/mol. The van der Waals surface area contributed by atoms with Gasteiger partial charge in [-0.3, -0.25) is 4.79 Å². The molecule has 4 heteroatoms. The molecule has 1 N–H and O–H groups in total. The molecular weight excluding hydrogens is 267 g/mol. The van der Waals surface area contributed by atoms with Crippen molar-refractivity contribution in [1.29, 1.82) is 0 Å². The van der Waals surface area contributed by atoms with Crippen LogP contribution in [-0.2, 0) is 4.79 Å². The molecule has 21 heavy (non-hydrogen) atoms. The number of anilines is 2. The lowest BCUT2D eigenvalue weighted by Gasteiger charge is -2.22. The normalized spacial score (nSPS) is 10.2. The van der Waals surface area contributed by atoms with Gasteiger partial charge in [-0.1, -0.05) is 24.3 Å². The molecule has 0 saturated carbocycles. The van der Waals surface area contributed by atoms with Crippen molar-refractivity contribution in [2.45, 2.75) is 13.8 Å². The Morgan fingerprint density at radius 2 is 1.90 bits per heavy atom. The standard InChI is InChI=1S/C17H19FN2O/c1-3-20(15-7-5-4-6-8-15)12-17(21)19-14-10-9-13(2)16(18)11-14/h4-11H,3,12H2,1-2H3,(H,19,21). The molecule has 2 rings (SSSR count). The molecule has 0 aliphatic carbocycles. The number of para-hydroxylation sites is 1. The van der Waals surface area contributed by atoms with Gasteiger partial charge in [-0.15, -0.1) is 0 Å². The second-order valence-corrected chi connectivity index (χ2v) is 4.86. The zero-order valence-corrected chi connectivity index (χ0v) is 12.3. The third-order valence-corrected chi connectivity index (χ3v) is 3.29. The number of hydrogen-bond acceptors (Lipinski definition) is 2. The molecule has 0 aromatic heterocycles. The molecule has 110 valence electrons. The van der Waals surface area contributed by atoms with Gasteiger partial charge in [0.25, 0.3) is 0 Å². The van der Waals surface area contributed by atoms with Crippen LogP contribution in [0.3, 0.4) is 0 Å². The largest absolute Gasteiger partial charge is 0.362 e. The van der Waals surface area contributed by atoms with E-state index in [1.54, 1.807) is 19.1 Å². The number of hydrogen-bond donors (Lipinski definition) is 1. The van der Waals surface area contributed by atoms with E-state index in [-0.39, 0.29) is 18.3 Å². The number of aryl methyl sites for hydroxylation is 1. The summed E-state index contributed by atoms with van der Waals surface area (Å²) in [6.45, 7) is 4.64. The molecule has 0 atom stereocenters. The number of nitrogens with one attached hydrogen (secondary N) is 1. The minimum absolute atomic E-state index is 0.163. The summed E-state index contributed by atoms with van der Waals surface area (Å²) in [5, 5.41) is 2.72. The van der Waals surface area contributed by atoms with E-state index in [0.717, 1.165) is 12.2 Å². The molecule has 0 bridgehead atoms. The van der Waals surface area contributed by atoms with Gasteiger partial charge in [0.05, 0.1) is 6.54 Å². The molecule has 0 heterocycles. The maximum absolute atomic E-state index is 13.5. The number of benzene rings is 2. The number of rotatable bonds is 5. The van der Waals surface area contributed by atoms with Crippen LogP contribution in [0, 0.1) is 12.7 Å². The van der Waals surface area contributed by atoms with Gasteiger partial charge in [0.1, 0.15) is 5.82 Å². The summed E-state index contributed by atoms with van der Waals surface area (Å²) < 4.78 is 13.5. The third-order valence-electron chi connectivity index (χ3n) is 3.29. The summed E-state index contributed by atoms with van der Waals surface area (Å²) in [6, 6.07) is 14.4. The van der Waals surface area contributed by atoms with Crippen molar-refractivity contribution in [1.82, 2.24) is 0 Å². The fourth-order valence-electron chi connectivity index (χ4n) is 2.07. The Kier molecular flexibility index (Phi) is 4.93. The lowest BCUT2D eigenvalue weighted by atomic mass is 10.2. The molecule has 2 aromatic rings. The molecule has 1 amide bonds. The van der Waals surface area contributed by atoms with Crippen LogP contribution in [-0.4, -0.2) is 19.0 Å². The predicted molar refractivity (Wildman–Crippen MR) is 84.1 cm³/mol. The van der Waals surface area contributed by atoms with Crippen LogP contribution in [0.1, 0.15) is 12.5 Å². The molecule has 0 spiro atoms. The lowest BCUT2D eigenvalue weighted by molar-refractivity contribution is -0.115. The zero-order chi connectivity index (χ0) is 15.2. The summed E-state index contributed by atoms with van der Waals surface area (Å²) in [4.78, 5) is 14.0. The van der Waals surface area contributed by atoms with Gasteiger partial charge in [-0.25, -0.2) is 4.39 Å². The number of likely N-dealkylation sites (N-methyl/N-ethyl adjacent to an activating group) is 1. The monoisotopic (exact) mass is 286 g/mol. The first-order valence-corrected chi connectivity index (χ1v) is 6.96. The zero-order valence-electron chi connectivity index (χ0n) is 12.3. The van der Waals surface area contributed by atoms with E-state index in [0.29, 0.717) is 11.3 Å². The molecule has 0 aliphatic rings. The molecule has 0 aliphatic heterocycles. The van der Waals surface area contributed by atoms with Crippen molar-refractivity contribution in [3.63, 3.8) is 0 Å². The van der Waals surface area contributed by atoms with Crippen LogP contribution in [0.5, 0.6) is 0 Å². The second kappa shape index (κ2) is 6.88. The third kappa shape index (κ3) is 4.05.